The summed E-state index contributed by atoms with van der Waals surface area (Å²) in [5.41, 5.74) is 9.73. The number of aromatic nitrogens is 3. The van der Waals surface area contributed by atoms with Crippen LogP contribution in [0.5, 0.6) is 0 Å². The number of anilines is 1. The van der Waals surface area contributed by atoms with Gasteiger partial charge in [0.2, 0.25) is 10.0 Å². The smallest absolute Gasteiger partial charge is 0.208 e. The molecular formula is C21H23N5O2S. The summed E-state index contributed by atoms with van der Waals surface area (Å²) in [6, 6.07) is 17.9. The van der Waals surface area contributed by atoms with Crippen molar-refractivity contribution in [3.05, 3.63) is 54.6 Å². The van der Waals surface area contributed by atoms with Crippen LogP contribution in [-0.2, 0) is 16.6 Å². The van der Waals surface area contributed by atoms with E-state index < -0.39 is 10.0 Å². The molecule has 0 amide bonds. The molecule has 29 heavy (non-hydrogen) atoms. The Hall–Kier alpha value is -2.97. The Bertz CT molecular complexity index is 1270. The van der Waals surface area contributed by atoms with Crippen LogP contribution in [-0.4, -0.2) is 35.8 Å². The van der Waals surface area contributed by atoms with Gasteiger partial charge in [-0.3, -0.25) is 0 Å². The Labute approximate surface area is 169 Å². The van der Waals surface area contributed by atoms with Crippen LogP contribution in [0.25, 0.3) is 33.3 Å². The number of nitrogens with one attached hydrogen (secondary N) is 1. The summed E-state index contributed by atoms with van der Waals surface area (Å²) in [6.45, 7) is 1.11. The lowest BCUT2D eigenvalue weighted by atomic mass is 10.1. The second kappa shape index (κ2) is 7.81. The molecule has 4 rings (SSSR count). The Morgan fingerprint density at radius 3 is 2.48 bits per heavy atom. The third kappa shape index (κ3) is 4.08. The molecule has 0 bridgehead atoms. The quantitative estimate of drug-likeness (QED) is 0.457. The van der Waals surface area contributed by atoms with E-state index >= 15 is 0 Å². The van der Waals surface area contributed by atoms with Crippen LogP contribution < -0.4 is 10.5 Å². The summed E-state index contributed by atoms with van der Waals surface area (Å²) in [5, 5.41) is 1.00. The Balaban J connectivity index is 1.78. The van der Waals surface area contributed by atoms with Crippen LogP contribution in [0.1, 0.15) is 12.8 Å². The predicted molar refractivity (Wildman–Crippen MR) is 117 cm³/mol. The van der Waals surface area contributed by atoms with Gasteiger partial charge in [-0.2, -0.15) is 0 Å². The second-order valence-electron chi connectivity index (χ2n) is 7.04. The van der Waals surface area contributed by atoms with Crippen molar-refractivity contribution >= 4 is 37.8 Å². The molecule has 7 nitrogen and oxygen atoms in total. The van der Waals surface area contributed by atoms with E-state index in [4.69, 9.17) is 10.7 Å². The second-order valence-corrected chi connectivity index (χ2v) is 8.87. The van der Waals surface area contributed by atoms with Crippen molar-refractivity contribution in [3.8, 4) is 11.4 Å². The number of unbranched alkanes of at least 4 members (excludes halogenated alkanes) is 1. The molecule has 8 heteroatoms. The van der Waals surface area contributed by atoms with Crippen molar-refractivity contribution < 1.29 is 8.42 Å². The minimum absolute atomic E-state index is 0.411. The predicted octanol–water partition coefficient (Wildman–Crippen LogP) is 3.16. The summed E-state index contributed by atoms with van der Waals surface area (Å²) in [7, 11) is -3.17. The first-order valence-electron chi connectivity index (χ1n) is 9.48. The molecule has 150 valence electrons. The van der Waals surface area contributed by atoms with Gasteiger partial charge in [-0.25, -0.2) is 23.1 Å². The molecule has 0 saturated carbocycles. The molecule has 0 spiro atoms. The molecule has 0 saturated heterocycles. The van der Waals surface area contributed by atoms with Crippen LogP contribution in [0.15, 0.2) is 54.6 Å². The van der Waals surface area contributed by atoms with Crippen LogP contribution >= 0.6 is 0 Å². The monoisotopic (exact) mass is 409 g/mol. The van der Waals surface area contributed by atoms with Crippen LogP contribution in [0.2, 0.25) is 0 Å². The number of nitrogen functional groups attached to an aromatic ring is 1. The number of hydrogen-bond donors (Lipinski definition) is 2. The van der Waals surface area contributed by atoms with Crippen molar-refractivity contribution in [2.45, 2.75) is 19.4 Å². The molecule has 0 aliphatic carbocycles. The lowest BCUT2D eigenvalue weighted by molar-refractivity contribution is 0.574. The molecule has 0 radical (unpaired) electrons. The highest BCUT2D eigenvalue weighted by molar-refractivity contribution is 7.88. The van der Waals surface area contributed by atoms with E-state index in [9.17, 15) is 8.42 Å². The van der Waals surface area contributed by atoms with Gasteiger partial charge in [0.05, 0.1) is 17.3 Å². The van der Waals surface area contributed by atoms with Gasteiger partial charge in [0, 0.05) is 24.0 Å². The number of nitrogens with two attached hydrogens (primary N) is 1. The van der Waals surface area contributed by atoms with Gasteiger partial charge in [0.15, 0.2) is 5.82 Å². The minimum Gasteiger partial charge on any atom is -0.382 e. The normalized spacial score (nSPS) is 12.0. The number of aryl methyl sites for hydroxylation is 1. The molecule has 0 atom stereocenters. The Morgan fingerprint density at radius 2 is 1.72 bits per heavy atom. The number of benzene rings is 2. The van der Waals surface area contributed by atoms with Crippen molar-refractivity contribution in [1.82, 2.24) is 19.3 Å². The number of hydrogen-bond acceptors (Lipinski definition) is 5. The van der Waals surface area contributed by atoms with Crippen LogP contribution in [0.4, 0.5) is 5.82 Å². The zero-order chi connectivity index (χ0) is 20.4. The number of imidazole rings is 1. The van der Waals surface area contributed by atoms with Crippen molar-refractivity contribution in [1.29, 1.82) is 0 Å². The average molecular weight is 410 g/mol. The van der Waals surface area contributed by atoms with Gasteiger partial charge >= 0.3 is 0 Å². The number of sulfonamides is 1. The maximum absolute atomic E-state index is 11.3. The molecule has 0 aliphatic heterocycles. The van der Waals surface area contributed by atoms with Crippen LogP contribution in [0, 0.1) is 0 Å². The summed E-state index contributed by atoms with van der Waals surface area (Å²) < 4.78 is 27.3. The fraction of sp³-hybridized carbons (Fsp3) is 0.238. The van der Waals surface area contributed by atoms with Gasteiger partial charge in [0.25, 0.3) is 0 Å². The number of para-hydroxylation sites is 1. The molecule has 0 aliphatic rings. The summed E-state index contributed by atoms with van der Waals surface area (Å²) >= 11 is 0. The van der Waals surface area contributed by atoms with E-state index in [-0.39, 0.29) is 0 Å². The van der Waals surface area contributed by atoms with E-state index in [2.05, 4.69) is 14.3 Å². The summed E-state index contributed by atoms with van der Waals surface area (Å²) in [6.07, 6.45) is 2.69. The van der Waals surface area contributed by atoms with Gasteiger partial charge in [-0.1, -0.05) is 48.5 Å². The highest BCUT2D eigenvalue weighted by atomic mass is 32.2. The number of fused-ring (bicyclic) bond motifs is 3. The Morgan fingerprint density at radius 1 is 1.00 bits per heavy atom. The van der Waals surface area contributed by atoms with Crippen molar-refractivity contribution in [2.24, 2.45) is 0 Å². The molecular weight excluding hydrogens is 386 g/mol. The standard InChI is InChI=1S/C21H23N5O2S/c1-29(27,28)23-13-7-8-14-26-19-16-11-5-6-12-17(16)24-20(22)18(19)25-21(26)15-9-3-2-4-10-15/h2-6,9-12,23H,7-8,13-14H2,1H3,(H2,22,24). The third-order valence-electron chi connectivity index (χ3n) is 4.82. The fourth-order valence-electron chi connectivity index (χ4n) is 3.54. The van der Waals surface area contributed by atoms with E-state index in [1.807, 2.05) is 54.6 Å². The molecule has 4 aromatic rings. The number of rotatable bonds is 7. The van der Waals surface area contributed by atoms with Crippen molar-refractivity contribution in [3.63, 3.8) is 0 Å². The highest BCUT2D eigenvalue weighted by Gasteiger charge is 2.18. The first-order valence-corrected chi connectivity index (χ1v) is 11.4. The third-order valence-corrected chi connectivity index (χ3v) is 5.54. The Kier molecular flexibility index (Phi) is 5.21. The lowest BCUT2D eigenvalue weighted by Crippen LogP contribution is -2.23. The first kappa shape index (κ1) is 19.4. The van der Waals surface area contributed by atoms with Crippen LogP contribution in [0.3, 0.4) is 0 Å². The molecule has 2 aromatic heterocycles. The number of pyridine rings is 1. The number of nitrogens with zero attached hydrogens (tertiary/aromatic N) is 3. The highest BCUT2D eigenvalue weighted by Crippen LogP contribution is 2.32. The maximum atomic E-state index is 11.3. The van der Waals surface area contributed by atoms with Crippen molar-refractivity contribution in [2.75, 3.05) is 18.5 Å². The van der Waals surface area contributed by atoms with E-state index in [1.165, 1.54) is 6.26 Å². The molecule has 0 unspecified atom stereocenters. The largest absolute Gasteiger partial charge is 0.382 e. The summed E-state index contributed by atoms with van der Waals surface area (Å²) in [4.78, 5) is 9.35. The van der Waals surface area contributed by atoms with Gasteiger partial charge in [0.1, 0.15) is 11.3 Å². The molecule has 0 fully saturated rings. The molecule has 2 heterocycles. The van der Waals surface area contributed by atoms with E-state index in [0.717, 1.165) is 40.6 Å². The van der Waals surface area contributed by atoms with E-state index in [1.54, 1.807) is 0 Å². The lowest BCUT2D eigenvalue weighted by Gasteiger charge is -2.11. The zero-order valence-electron chi connectivity index (χ0n) is 16.2. The SMILES string of the molecule is CS(=O)(=O)NCCCCn1c(-c2ccccc2)nc2c(N)nc3ccccc3c21. The van der Waals surface area contributed by atoms with Gasteiger partial charge in [-0.15, -0.1) is 0 Å². The molecule has 3 N–H and O–H groups in total. The first-order chi connectivity index (χ1) is 13.9. The molecule has 2 aromatic carbocycles. The maximum Gasteiger partial charge on any atom is 0.208 e. The topological polar surface area (TPSA) is 103 Å². The van der Waals surface area contributed by atoms with E-state index in [0.29, 0.717) is 24.4 Å². The summed E-state index contributed by atoms with van der Waals surface area (Å²) in [5.74, 6) is 1.25. The minimum atomic E-state index is -3.17. The van der Waals surface area contributed by atoms with Gasteiger partial charge < -0.3 is 10.3 Å². The average Bonchev–Trinajstić information content (AvgIpc) is 3.08. The van der Waals surface area contributed by atoms with Gasteiger partial charge in [-0.05, 0) is 18.9 Å². The zero-order valence-corrected chi connectivity index (χ0v) is 17.0. The fourth-order valence-corrected chi connectivity index (χ4v) is 4.05.